The van der Waals surface area contributed by atoms with Crippen molar-refractivity contribution in [1.82, 2.24) is 20.9 Å². The second kappa shape index (κ2) is 8.81. The Morgan fingerprint density at radius 2 is 1.93 bits per heavy atom. The fraction of sp³-hybridized carbons (Fsp3) is 0.389. The summed E-state index contributed by atoms with van der Waals surface area (Å²) in [6.07, 6.45) is 1.07. The summed E-state index contributed by atoms with van der Waals surface area (Å²) in [6, 6.07) is 7.71. The Labute approximate surface area is 162 Å². The van der Waals surface area contributed by atoms with Gasteiger partial charge in [0.1, 0.15) is 5.60 Å². The zero-order valence-corrected chi connectivity index (χ0v) is 16.4. The molecular weight excluding hydrogens is 368 g/mol. The van der Waals surface area contributed by atoms with E-state index in [1.54, 1.807) is 20.8 Å². The summed E-state index contributed by atoms with van der Waals surface area (Å²) in [5, 5.41) is 7.35. The molecule has 0 saturated carbocycles. The molecule has 0 saturated heterocycles. The third kappa shape index (κ3) is 6.52. The van der Waals surface area contributed by atoms with Crippen LogP contribution < -0.4 is 16.0 Å². The molecule has 27 heavy (non-hydrogen) atoms. The predicted molar refractivity (Wildman–Crippen MR) is 105 cm³/mol. The largest absolute Gasteiger partial charge is 0.444 e. The number of hydrogen-bond donors (Lipinski definition) is 5. The number of nitrogens with one attached hydrogen (secondary N) is 4. The van der Waals surface area contributed by atoms with Gasteiger partial charge in [-0.1, -0.05) is 12.1 Å². The van der Waals surface area contributed by atoms with E-state index in [0.29, 0.717) is 6.54 Å². The van der Waals surface area contributed by atoms with Crippen LogP contribution in [0.4, 0.5) is 4.79 Å². The summed E-state index contributed by atoms with van der Waals surface area (Å²) in [6.45, 7) is 5.23. The summed E-state index contributed by atoms with van der Waals surface area (Å²) in [5.41, 5.74) is 1.27. The number of alkyl carbamates (subject to hydrolysis) is 1. The molecule has 0 radical (unpaired) electrons. The Morgan fingerprint density at radius 3 is 2.63 bits per heavy atom. The molecule has 0 aliphatic carbocycles. The first-order valence-electron chi connectivity index (χ1n) is 8.43. The van der Waals surface area contributed by atoms with Crippen molar-refractivity contribution in [1.29, 1.82) is 0 Å². The molecule has 2 aromatic rings. The molecule has 9 heteroatoms. The number of amides is 3. The van der Waals surface area contributed by atoms with E-state index in [-0.39, 0.29) is 12.5 Å². The van der Waals surface area contributed by atoms with E-state index in [1.807, 2.05) is 30.5 Å². The van der Waals surface area contributed by atoms with Crippen molar-refractivity contribution in [3.05, 3.63) is 36.0 Å². The maximum absolute atomic E-state index is 12.0. The van der Waals surface area contributed by atoms with Gasteiger partial charge in [0.2, 0.25) is 5.91 Å². The van der Waals surface area contributed by atoms with Crippen LogP contribution in [0.5, 0.6) is 0 Å². The standard InChI is InChI=1S/C18H24N4O4S/c1-18(2,3)26-17(25)22-16(27)15(24)21-10-14(23)20-9-11-5-4-6-13-12(11)7-8-19-13/h4-8,16,19,27H,9-10H2,1-3H3,(H,20,23)(H,21,24)(H,22,25). The zero-order valence-electron chi connectivity index (χ0n) is 15.5. The van der Waals surface area contributed by atoms with Gasteiger partial charge >= 0.3 is 6.09 Å². The fourth-order valence-electron chi connectivity index (χ4n) is 2.31. The Kier molecular flexibility index (Phi) is 6.73. The monoisotopic (exact) mass is 392 g/mol. The van der Waals surface area contributed by atoms with Crippen molar-refractivity contribution in [2.75, 3.05) is 6.54 Å². The molecule has 0 bridgehead atoms. The fourth-order valence-corrected chi connectivity index (χ4v) is 2.51. The Balaban J connectivity index is 1.75. The average Bonchev–Trinajstić information content (AvgIpc) is 3.05. The Morgan fingerprint density at radius 1 is 1.19 bits per heavy atom. The second-order valence-electron chi connectivity index (χ2n) is 6.90. The number of rotatable bonds is 6. The molecule has 1 heterocycles. The molecule has 0 fully saturated rings. The van der Waals surface area contributed by atoms with Gasteiger partial charge in [0.05, 0.1) is 6.54 Å². The lowest BCUT2D eigenvalue weighted by atomic mass is 10.1. The first kappa shape index (κ1) is 20.6. The first-order chi connectivity index (χ1) is 12.7. The smallest absolute Gasteiger partial charge is 0.408 e. The van der Waals surface area contributed by atoms with E-state index in [4.69, 9.17) is 4.74 Å². The van der Waals surface area contributed by atoms with Gasteiger partial charge in [-0.3, -0.25) is 9.59 Å². The van der Waals surface area contributed by atoms with Crippen LogP contribution in [-0.2, 0) is 20.9 Å². The second-order valence-corrected chi connectivity index (χ2v) is 7.42. The number of thiol groups is 1. The molecule has 0 aliphatic heterocycles. The van der Waals surface area contributed by atoms with E-state index >= 15 is 0 Å². The van der Waals surface area contributed by atoms with Gasteiger partial charge in [-0.05, 0) is 38.5 Å². The SMILES string of the molecule is CC(C)(C)OC(=O)NC(S)C(=O)NCC(=O)NCc1cccc2[nH]ccc12. The van der Waals surface area contributed by atoms with Crippen LogP contribution in [-0.4, -0.2) is 40.4 Å². The van der Waals surface area contributed by atoms with E-state index in [0.717, 1.165) is 16.5 Å². The maximum Gasteiger partial charge on any atom is 0.408 e. The van der Waals surface area contributed by atoms with Gasteiger partial charge in [-0.15, -0.1) is 12.6 Å². The summed E-state index contributed by atoms with van der Waals surface area (Å²) in [7, 11) is 0. The molecule has 1 aromatic carbocycles. The van der Waals surface area contributed by atoms with Crippen LogP contribution in [0.1, 0.15) is 26.3 Å². The third-order valence-corrected chi connectivity index (χ3v) is 3.85. The molecule has 1 unspecified atom stereocenters. The molecular formula is C18H24N4O4S. The van der Waals surface area contributed by atoms with Crippen molar-refractivity contribution in [2.24, 2.45) is 0 Å². The van der Waals surface area contributed by atoms with Crippen molar-refractivity contribution in [3.8, 4) is 0 Å². The van der Waals surface area contributed by atoms with Gasteiger partial charge in [-0.25, -0.2) is 4.79 Å². The maximum atomic E-state index is 12.0. The molecule has 1 atom stereocenters. The Bertz CT molecular complexity index is 828. The molecule has 8 nitrogen and oxygen atoms in total. The highest BCUT2D eigenvalue weighted by Gasteiger charge is 2.21. The third-order valence-electron chi connectivity index (χ3n) is 3.49. The van der Waals surface area contributed by atoms with Crippen LogP contribution in [0.2, 0.25) is 0 Å². The number of carbonyl (C=O) groups excluding carboxylic acids is 3. The summed E-state index contributed by atoms with van der Waals surface area (Å²) in [4.78, 5) is 38.6. The molecule has 3 amide bonds. The number of benzene rings is 1. The topological polar surface area (TPSA) is 112 Å². The van der Waals surface area contributed by atoms with Crippen LogP contribution >= 0.6 is 12.6 Å². The number of hydrogen-bond acceptors (Lipinski definition) is 5. The lowest BCUT2D eigenvalue weighted by Gasteiger charge is -2.21. The first-order valence-corrected chi connectivity index (χ1v) is 8.94. The van der Waals surface area contributed by atoms with Gasteiger partial charge < -0.3 is 25.7 Å². The number of aromatic nitrogens is 1. The highest BCUT2D eigenvalue weighted by molar-refractivity contribution is 7.81. The normalized spacial score (nSPS) is 12.3. The van der Waals surface area contributed by atoms with Gasteiger partial charge in [0.25, 0.3) is 5.91 Å². The van der Waals surface area contributed by atoms with Crippen LogP contribution in [0, 0.1) is 0 Å². The van der Waals surface area contributed by atoms with Crippen molar-refractivity contribution < 1.29 is 19.1 Å². The molecule has 0 spiro atoms. The number of fused-ring (bicyclic) bond motifs is 1. The average molecular weight is 392 g/mol. The van der Waals surface area contributed by atoms with E-state index in [9.17, 15) is 14.4 Å². The van der Waals surface area contributed by atoms with E-state index in [2.05, 4.69) is 33.6 Å². The summed E-state index contributed by atoms with van der Waals surface area (Å²) in [5.74, 6) is -0.958. The molecule has 0 aliphatic rings. The highest BCUT2D eigenvalue weighted by atomic mass is 32.1. The van der Waals surface area contributed by atoms with E-state index < -0.39 is 23.0 Å². The number of carbonyl (C=O) groups is 3. The van der Waals surface area contributed by atoms with Crippen molar-refractivity contribution in [3.63, 3.8) is 0 Å². The zero-order chi connectivity index (χ0) is 20.0. The molecule has 4 N–H and O–H groups in total. The van der Waals surface area contributed by atoms with Gasteiger partial charge in [-0.2, -0.15) is 0 Å². The molecule has 2 rings (SSSR count). The van der Waals surface area contributed by atoms with Gasteiger partial charge in [0, 0.05) is 23.6 Å². The quantitative estimate of drug-likeness (QED) is 0.380. The summed E-state index contributed by atoms with van der Waals surface area (Å²) < 4.78 is 5.04. The highest BCUT2D eigenvalue weighted by Crippen LogP contribution is 2.16. The predicted octanol–water partition coefficient (Wildman–Crippen LogP) is 1.68. The number of H-pyrrole nitrogens is 1. The minimum atomic E-state index is -1.12. The van der Waals surface area contributed by atoms with E-state index in [1.165, 1.54) is 0 Å². The minimum absolute atomic E-state index is 0.227. The molecule has 146 valence electrons. The molecule has 1 aromatic heterocycles. The lowest BCUT2D eigenvalue weighted by Crippen LogP contribution is -2.47. The Hall–Kier alpha value is -2.68. The number of aromatic amines is 1. The summed E-state index contributed by atoms with van der Waals surface area (Å²) >= 11 is 4.00. The van der Waals surface area contributed by atoms with Crippen LogP contribution in [0.25, 0.3) is 10.9 Å². The minimum Gasteiger partial charge on any atom is -0.444 e. The lowest BCUT2D eigenvalue weighted by molar-refractivity contribution is -0.126. The van der Waals surface area contributed by atoms with Gasteiger partial charge in [0.15, 0.2) is 5.37 Å². The number of ether oxygens (including phenoxy) is 1. The van der Waals surface area contributed by atoms with Crippen LogP contribution in [0.15, 0.2) is 30.5 Å². The van der Waals surface area contributed by atoms with Crippen LogP contribution in [0.3, 0.4) is 0 Å². The van der Waals surface area contributed by atoms with Crippen molar-refractivity contribution >= 4 is 41.4 Å². The van der Waals surface area contributed by atoms with Crippen molar-refractivity contribution in [2.45, 2.75) is 38.3 Å².